The summed E-state index contributed by atoms with van der Waals surface area (Å²) in [6.45, 7) is 5.71. The summed E-state index contributed by atoms with van der Waals surface area (Å²) < 4.78 is 2.08. The molecule has 1 aromatic heterocycles. The fourth-order valence-electron chi connectivity index (χ4n) is 1.23. The molecule has 1 aromatic rings. The standard InChI is InChI=1S/C12H15N/c1-4-6-8-11-9-10-13(3)12(11)7-5-2/h4-10H,2H2,1,3H3/b6-4-,11-8-,12-7+. The van der Waals surface area contributed by atoms with Crippen LogP contribution in [0.25, 0.3) is 12.2 Å². The van der Waals surface area contributed by atoms with E-state index in [1.807, 2.05) is 44.5 Å². The minimum Gasteiger partial charge on any atom is -0.351 e. The molecule has 0 aliphatic heterocycles. The highest BCUT2D eigenvalue weighted by Gasteiger charge is 1.87. The Morgan fingerprint density at radius 3 is 2.77 bits per heavy atom. The quantitative estimate of drug-likeness (QED) is 0.636. The first kappa shape index (κ1) is 9.59. The molecule has 0 amide bonds. The summed E-state index contributed by atoms with van der Waals surface area (Å²) in [7, 11) is 2.03. The Morgan fingerprint density at radius 2 is 2.15 bits per heavy atom. The smallest absolute Gasteiger partial charge is 0.0477 e. The molecule has 0 aliphatic rings. The van der Waals surface area contributed by atoms with Crippen LogP contribution in [0, 0.1) is 0 Å². The van der Waals surface area contributed by atoms with Crippen LogP contribution < -0.4 is 10.6 Å². The molecule has 1 rings (SSSR count). The van der Waals surface area contributed by atoms with Crippen LogP contribution in [-0.2, 0) is 7.05 Å². The topological polar surface area (TPSA) is 4.93 Å². The first-order valence-corrected chi connectivity index (χ1v) is 4.36. The maximum atomic E-state index is 3.70. The minimum atomic E-state index is 1.19. The predicted octanol–water partition coefficient (Wildman–Crippen LogP) is 1.35. The van der Waals surface area contributed by atoms with Gasteiger partial charge >= 0.3 is 0 Å². The normalized spacial score (nSPS) is 14.3. The van der Waals surface area contributed by atoms with E-state index >= 15 is 0 Å². The molecule has 0 radical (unpaired) electrons. The Kier molecular flexibility index (Phi) is 3.32. The van der Waals surface area contributed by atoms with Crippen LogP contribution in [0.5, 0.6) is 0 Å². The predicted molar refractivity (Wildman–Crippen MR) is 58.6 cm³/mol. The third kappa shape index (κ3) is 2.22. The summed E-state index contributed by atoms with van der Waals surface area (Å²) >= 11 is 0. The second kappa shape index (κ2) is 4.51. The van der Waals surface area contributed by atoms with Gasteiger partial charge in [0, 0.05) is 18.6 Å². The van der Waals surface area contributed by atoms with E-state index < -0.39 is 0 Å². The van der Waals surface area contributed by atoms with Gasteiger partial charge in [-0.05, 0) is 24.3 Å². The molecule has 0 saturated heterocycles. The molecule has 1 heteroatoms. The van der Waals surface area contributed by atoms with Crippen molar-refractivity contribution in [1.29, 1.82) is 0 Å². The number of aryl methyl sites for hydroxylation is 1. The van der Waals surface area contributed by atoms with Crippen LogP contribution in [0.3, 0.4) is 0 Å². The van der Waals surface area contributed by atoms with Crippen LogP contribution >= 0.6 is 0 Å². The molecule has 0 N–H and O–H groups in total. The number of rotatable bonds is 2. The highest BCUT2D eigenvalue weighted by Crippen LogP contribution is 1.75. The number of allylic oxidation sites excluding steroid dienone is 3. The zero-order valence-electron chi connectivity index (χ0n) is 8.20. The summed E-state index contributed by atoms with van der Waals surface area (Å²) in [5.74, 6) is 0. The molecular formula is C12H15N. The maximum absolute atomic E-state index is 3.70. The van der Waals surface area contributed by atoms with Crippen molar-refractivity contribution in [2.45, 2.75) is 6.92 Å². The molecule has 0 aliphatic carbocycles. The lowest BCUT2D eigenvalue weighted by Crippen LogP contribution is -2.26. The lowest BCUT2D eigenvalue weighted by atomic mass is 10.3. The Morgan fingerprint density at radius 1 is 1.38 bits per heavy atom. The molecule has 1 heterocycles. The number of nitrogens with zero attached hydrogens (tertiary/aromatic N) is 1. The Hall–Kier alpha value is -1.50. The van der Waals surface area contributed by atoms with Gasteiger partial charge in [-0.25, -0.2) is 0 Å². The molecule has 0 saturated carbocycles. The van der Waals surface area contributed by atoms with Gasteiger partial charge in [0.25, 0.3) is 0 Å². The third-order valence-corrected chi connectivity index (χ3v) is 1.90. The molecule has 0 unspecified atom stereocenters. The van der Waals surface area contributed by atoms with E-state index in [1.54, 1.807) is 0 Å². The summed E-state index contributed by atoms with van der Waals surface area (Å²) in [6, 6.07) is 2.09. The summed E-state index contributed by atoms with van der Waals surface area (Å²) in [4.78, 5) is 0. The average Bonchev–Trinajstić information content (AvgIpc) is 2.46. The fraction of sp³-hybridized carbons (Fsp3) is 0.167. The van der Waals surface area contributed by atoms with Crippen LogP contribution in [0.2, 0.25) is 0 Å². The third-order valence-electron chi connectivity index (χ3n) is 1.90. The maximum Gasteiger partial charge on any atom is 0.0477 e. The van der Waals surface area contributed by atoms with Gasteiger partial charge in [0.2, 0.25) is 0 Å². The molecular weight excluding hydrogens is 158 g/mol. The van der Waals surface area contributed by atoms with E-state index in [4.69, 9.17) is 0 Å². The monoisotopic (exact) mass is 173 g/mol. The number of aromatic nitrogens is 1. The van der Waals surface area contributed by atoms with Crippen molar-refractivity contribution in [1.82, 2.24) is 4.57 Å². The lowest BCUT2D eigenvalue weighted by Gasteiger charge is -1.88. The first-order valence-electron chi connectivity index (χ1n) is 4.36. The van der Waals surface area contributed by atoms with E-state index in [-0.39, 0.29) is 0 Å². The van der Waals surface area contributed by atoms with E-state index in [0.29, 0.717) is 0 Å². The van der Waals surface area contributed by atoms with Gasteiger partial charge in [-0.1, -0.05) is 30.9 Å². The zero-order valence-corrected chi connectivity index (χ0v) is 8.20. The molecule has 68 valence electrons. The largest absolute Gasteiger partial charge is 0.351 e. The molecule has 13 heavy (non-hydrogen) atoms. The molecule has 0 spiro atoms. The van der Waals surface area contributed by atoms with Gasteiger partial charge in [0.15, 0.2) is 0 Å². The second-order valence-electron chi connectivity index (χ2n) is 2.86. The van der Waals surface area contributed by atoms with Crippen LogP contribution in [0.1, 0.15) is 6.92 Å². The SMILES string of the molecule is C=C\C=c1/c(=C\C=C/C)ccn1C. The summed E-state index contributed by atoms with van der Waals surface area (Å²) in [5, 5.41) is 2.41. The van der Waals surface area contributed by atoms with E-state index in [2.05, 4.69) is 23.3 Å². The van der Waals surface area contributed by atoms with Crippen LogP contribution in [-0.4, -0.2) is 4.57 Å². The Labute approximate surface area is 79.0 Å². The first-order chi connectivity index (χ1) is 6.29. The number of hydrogen-bond donors (Lipinski definition) is 0. The minimum absolute atomic E-state index is 1.19. The van der Waals surface area contributed by atoms with Crippen LogP contribution in [0.15, 0.2) is 37.1 Å². The Bertz CT molecular complexity index is 418. The molecule has 0 aromatic carbocycles. The molecule has 0 fully saturated rings. The van der Waals surface area contributed by atoms with Crippen LogP contribution in [0.4, 0.5) is 0 Å². The summed E-state index contributed by atoms with van der Waals surface area (Å²) in [6.07, 6.45) is 12.0. The van der Waals surface area contributed by atoms with Gasteiger partial charge < -0.3 is 4.57 Å². The van der Waals surface area contributed by atoms with E-state index in [9.17, 15) is 0 Å². The van der Waals surface area contributed by atoms with Gasteiger partial charge in [-0.15, -0.1) is 0 Å². The molecule has 1 nitrogen and oxygen atoms in total. The highest BCUT2D eigenvalue weighted by atomic mass is 14.9. The van der Waals surface area contributed by atoms with Crippen molar-refractivity contribution in [3.63, 3.8) is 0 Å². The van der Waals surface area contributed by atoms with E-state index in [0.717, 1.165) is 0 Å². The average molecular weight is 173 g/mol. The molecule has 0 atom stereocenters. The van der Waals surface area contributed by atoms with Gasteiger partial charge in [0.05, 0.1) is 0 Å². The Balaban J connectivity index is 3.39. The van der Waals surface area contributed by atoms with Crippen molar-refractivity contribution in [2.75, 3.05) is 0 Å². The van der Waals surface area contributed by atoms with E-state index in [1.165, 1.54) is 10.6 Å². The zero-order chi connectivity index (χ0) is 9.68. The molecule has 0 bridgehead atoms. The number of hydrogen-bond acceptors (Lipinski definition) is 0. The highest BCUT2D eigenvalue weighted by molar-refractivity contribution is 5.41. The van der Waals surface area contributed by atoms with Crippen molar-refractivity contribution in [2.24, 2.45) is 7.05 Å². The van der Waals surface area contributed by atoms with Crippen molar-refractivity contribution in [3.05, 3.63) is 47.6 Å². The lowest BCUT2D eigenvalue weighted by molar-refractivity contribution is 0.889. The summed E-state index contributed by atoms with van der Waals surface area (Å²) in [5.41, 5.74) is 0. The van der Waals surface area contributed by atoms with Gasteiger partial charge in [-0.2, -0.15) is 0 Å². The van der Waals surface area contributed by atoms with Gasteiger partial charge in [-0.3, -0.25) is 0 Å². The van der Waals surface area contributed by atoms with Crippen molar-refractivity contribution >= 4 is 12.2 Å². The second-order valence-corrected chi connectivity index (χ2v) is 2.86. The van der Waals surface area contributed by atoms with Crippen molar-refractivity contribution < 1.29 is 0 Å². The fourth-order valence-corrected chi connectivity index (χ4v) is 1.23. The van der Waals surface area contributed by atoms with Crippen molar-refractivity contribution in [3.8, 4) is 0 Å². The van der Waals surface area contributed by atoms with Gasteiger partial charge in [0.1, 0.15) is 0 Å².